The lowest BCUT2D eigenvalue weighted by Gasteiger charge is -2.12. The maximum atomic E-state index is 5.73. The standard InChI is InChI=1S/C16H27NO2/c1-4-17-14(2)6-5-12-19-16-9-7-15(8-10-16)11-13-18-3/h7-10,14,17H,4-6,11-13H2,1-3H3. The minimum Gasteiger partial charge on any atom is -0.494 e. The first-order valence-corrected chi connectivity index (χ1v) is 7.20. The summed E-state index contributed by atoms with van der Waals surface area (Å²) in [4.78, 5) is 0. The summed E-state index contributed by atoms with van der Waals surface area (Å²) >= 11 is 0. The SMILES string of the molecule is CCNC(C)CCCOc1ccc(CCOC)cc1. The fraction of sp³-hybridized carbons (Fsp3) is 0.625. The van der Waals surface area contributed by atoms with Gasteiger partial charge in [-0.3, -0.25) is 0 Å². The van der Waals surface area contributed by atoms with Gasteiger partial charge in [0.1, 0.15) is 5.75 Å². The molecule has 0 saturated carbocycles. The molecule has 1 rings (SSSR count). The van der Waals surface area contributed by atoms with E-state index in [1.165, 1.54) is 5.56 Å². The summed E-state index contributed by atoms with van der Waals surface area (Å²) in [6.07, 6.45) is 3.19. The fourth-order valence-electron chi connectivity index (χ4n) is 2.00. The van der Waals surface area contributed by atoms with Crippen LogP contribution in [-0.4, -0.2) is 32.9 Å². The molecule has 108 valence electrons. The van der Waals surface area contributed by atoms with Gasteiger partial charge >= 0.3 is 0 Å². The molecule has 0 amide bonds. The van der Waals surface area contributed by atoms with Crippen LogP contribution in [0.5, 0.6) is 5.75 Å². The number of hydrogen-bond acceptors (Lipinski definition) is 3. The Kier molecular flexibility index (Phi) is 8.26. The Labute approximate surface area is 117 Å². The van der Waals surface area contributed by atoms with Gasteiger partial charge in [0.05, 0.1) is 13.2 Å². The molecule has 1 aromatic rings. The Hall–Kier alpha value is -1.06. The Bertz CT molecular complexity index is 324. The number of ether oxygens (including phenoxy) is 2. The molecule has 0 aliphatic rings. The molecule has 1 N–H and O–H groups in total. The molecule has 19 heavy (non-hydrogen) atoms. The number of nitrogens with one attached hydrogen (secondary N) is 1. The highest BCUT2D eigenvalue weighted by Crippen LogP contribution is 2.13. The second-order valence-electron chi connectivity index (χ2n) is 4.84. The first kappa shape index (κ1) is 16.0. The minimum absolute atomic E-state index is 0.574. The van der Waals surface area contributed by atoms with Crippen LogP contribution < -0.4 is 10.1 Å². The molecule has 1 unspecified atom stereocenters. The smallest absolute Gasteiger partial charge is 0.119 e. The van der Waals surface area contributed by atoms with E-state index in [4.69, 9.17) is 9.47 Å². The third-order valence-electron chi connectivity index (χ3n) is 3.12. The number of rotatable bonds is 10. The Morgan fingerprint density at radius 3 is 2.53 bits per heavy atom. The molecule has 0 saturated heterocycles. The van der Waals surface area contributed by atoms with Crippen LogP contribution in [-0.2, 0) is 11.2 Å². The molecule has 1 atom stereocenters. The van der Waals surface area contributed by atoms with Gasteiger partial charge in [0.2, 0.25) is 0 Å². The monoisotopic (exact) mass is 265 g/mol. The van der Waals surface area contributed by atoms with Gasteiger partial charge in [-0.15, -0.1) is 0 Å². The van der Waals surface area contributed by atoms with Crippen LogP contribution in [0.2, 0.25) is 0 Å². The summed E-state index contributed by atoms with van der Waals surface area (Å²) in [6, 6.07) is 8.87. The summed E-state index contributed by atoms with van der Waals surface area (Å²) in [5, 5.41) is 3.40. The molecule has 0 aromatic heterocycles. The molecule has 1 aromatic carbocycles. The summed E-state index contributed by atoms with van der Waals surface area (Å²) in [5.74, 6) is 0.956. The molecular formula is C16H27NO2. The fourth-order valence-corrected chi connectivity index (χ4v) is 2.00. The van der Waals surface area contributed by atoms with Crippen molar-refractivity contribution in [2.75, 3.05) is 26.9 Å². The molecule has 0 radical (unpaired) electrons. The lowest BCUT2D eigenvalue weighted by Crippen LogP contribution is -2.25. The average Bonchev–Trinajstić information content (AvgIpc) is 2.43. The van der Waals surface area contributed by atoms with E-state index in [9.17, 15) is 0 Å². The van der Waals surface area contributed by atoms with Crippen molar-refractivity contribution in [1.82, 2.24) is 5.32 Å². The molecule has 3 nitrogen and oxygen atoms in total. The molecule has 0 bridgehead atoms. The summed E-state index contributed by atoms with van der Waals surface area (Å²) in [7, 11) is 1.73. The van der Waals surface area contributed by atoms with Gasteiger partial charge in [-0.2, -0.15) is 0 Å². The third-order valence-corrected chi connectivity index (χ3v) is 3.12. The van der Waals surface area contributed by atoms with Gasteiger partial charge in [0.15, 0.2) is 0 Å². The van der Waals surface area contributed by atoms with E-state index in [0.717, 1.165) is 44.8 Å². The van der Waals surface area contributed by atoms with Crippen molar-refractivity contribution in [3.05, 3.63) is 29.8 Å². The van der Waals surface area contributed by atoms with E-state index < -0.39 is 0 Å². The summed E-state index contributed by atoms with van der Waals surface area (Å²) in [5.41, 5.74) is 1.29. The van der Waals surface area contributed by atoms with Gasteiger partial charge < -0.3 is 14.8 Å². The first-order valence-electron chi connectivity index (χ1n) is 7.20. The Morgan fingerprint density at radius 2 is 1.89 bits per heavy atom. The van der Waals surface area contributed by atoms with E-state index in [-0.39, 0.29) is 0 Å². The zero-order chi connectivity index (χ0) is 13.9. The van der Waals surface area contributed by atoms with Crippen LogP contribution in [0, 0.1) is 0 Å². The van der Waals surface area contributed by atoms with Crippen molar-refractivity contribution in [2.45, 2.75) is 39.2 Å². The second kappa shape index (κ2) is 9.82. The predicted molar refractivity (Wildman–Crippen MR) is 79.9 cm³/mol. The van der Waals surface area contributed by atoms with Gasteiger partial charge in [-0.1, -0.05) is 19.1 Å². The highest BCUT2D eigenvalue weighted by molar-refractivity contribution is 5.27. The predicted octanol–water partition coefficient (Wildman–Crippen LogP) is 3.03. The molecule has 3 heteroatoms. The minimum atomic E-state index is 0.574. The van der Waals surface area contributed by atoms with E-state index in [2.05, 4.69) is 31.3 Å². The zero-order valence-corrected chi connectivity index (χ0v) is 12.4. The van der Waals surface area contributed by atoms with Gasteiger partial charge in [-0.25, -0.2) is 0 Å². The third kappa shape index (κ3) is 7.19. The lowest BCUT2D eigenvalue weighted by molar-refractivity contribution is 0.202. The molecule has 0 spiro atoms. The van der Waals surface area contributed by atoms with Gasteiger partial charge in [0, 0.05) is 13.2 Å². The van der Waals surface area contributed by atoms with Crippen molar-refractivity contribution >= 4 is 0 Å². The topological polar surface area (TPSA) is 30.5 Å². The molecule has 0 aliphatic heterocycles. The highest BCUT2D eigenvalue weighted by Gasteiger charge is 2.00. The van der Waals surface area contributed by atoms with Crippen molar-refractivity contribution < 1.29 is 9.47 Å². The van der Waals surface area contributed by atoms with E-state index in [1.807, 2.05) is 12.1 Å². The van der Waals surface area contributed by atoms with Crippen LogP contribution in [0.4, 0.5) is 0 Å². The maximum Gasteiger partial charge on any atom is 0.119 e. The maximum absolute atomic E-state index is 5.73. The lowest BCUT2D eigenvalue weighted by atomic mass is 10.1. The normalized spacial score (nSPS) is 12.4. The first-order chi connectivity index (χ1) is 9.26. The number of benzene rings is 1. The molecule has 0 aliphatic carbocycles. The highest BCUT2D eigenvalue weighted by atomic mass is 16.5. The molecule has 0 heterocycles. The summed E-state index contributed by atoms with van der Waals surface area (Å²) < 4.78 is 10.8. The Morgan fingerprint density at radius 1 is 1.16 bits per heavy atom. The van der Waals surface area contributed by atoms with E-state index >= 15 is 0 Å². The summed E-state index contributed by atoms with van der Waals surface area (Å²) in [6.45, 7) is 6.94. The van der Waals surface area contributed by atoms with Crippen LogP contribution in [0.25, 0.3) is 0 Å². The van der Waals surface area contributed by atoms with Crippen molar-refractivity contribution in [2.24, 2.45) is 0 Å². The molecule has 0 fully saturated rings. The largest absolute Gasteiger partial charge is 0.494 e. The molecular weight excluding hydrogens is 238 g/mol. The number of methoxy groups -OCH3 is 1. The van der Waals surface area contributed by atoms with Gasteiger partial charge in [0.25, 0.3) is 0 Å². The van der Waals surface area contributed by atoms with E-state index in [1.54, 1.807) is 7.11 Å². The van der Waals surface area contributed by atoms with Crippen LogP contribution >= 0.6 is 0 Å². The Balaban J connectivity index is 2.19. The van der Waals surface area contributed by atoms with Crippen LogP contribution in [0.15, 0.2) is 24.3 Å². The van der Waals surface area contributed by atoms with E-state index in [0.29, 0.717) is 6.04 Å². The van der Waals surface area contributed by atoms with Crippen LogP contribution in [0.1, 0.15) is 32.3 Å². The van der Waals surface area contributed by atoms with Crippen molar-refractivity contribution in [1.29, 1.82) is 0 Å². The van der Waals surface area contributed by atoms with Crippen LogP contribution in [0.3, 0.4) is 0 Å². The quantitative estimate of drug-likeness (QED) is 0.660. The number of hydrogen-bond donors (Lipinski definition) is 1. The zero-order valence-electron chi connectivity index (χ0n) is 12.4. The van der Waals surface area contributed by atoms with Gasteiger partial charge in [-0.05, 0) is 50.4 Å². The van der Waals surface area contributed by atoms with Crippen molar-refractivity contribution in [3.63, 3.8) is 0 Å². The van der Waals surface area contributed by atoms with Crippen molar-refractivity contribution in [3.8, 4) is 5.75 Å². The second-order valence-corrected chi connectivity index (χ2v) is 4.84. The average molecular weight is 265 g/mol.